The standard InChI is InChI=1S/C17H26N6O/c1-11(2)17(24)23-7-5-13(6-8-23)9-18-15-14-12(3)21-22(4)16(14)20-10-19-15/h10-11,13H,5-9H2,1-4H3,(H,18,19,20). The Balaban J connectivity index is 1.61. The van der Waals surface area contributed by atoms with Gasteiger partial charge < -0.3 is 10.2 Å². The summed E-state index contributed by atoms with van der Waals surface area (Å²) in [7, 11) is 1.90. The van der Waals surface area contributed by atoms with E-state index in [1.54, 1.807) is 11.0 Å². The lowest BCUT2D eigenvalue weighted by Crippen LogP contribution is -2.41. The predicted octanol–water partition coefficient (Wildman–Crippen LogP) is 1.98. The van der Waals surface area contributed by atoms with Gasteiger partial charge in [0.1, 0.15) is 12.1 Å². The number of rotatable bonds is 4. The molecule has 7 heteroatoms. The van der Waals surface area contributed by atoms with Crippen molar-refractivity contribution in [3.05, 3.63) is 12.0 Å². The molecule has 0 radical (unpaired) electrons. The van der Waals surface area contributed by atoms with Gasteiger partial charge >= 0.3 is 0 Å². The van der Waals surface area contributed by atoms with Gasteiger partial charge in [-0.3, -0.25) is 9.48 Å². The third-order valence-corrected chi connectivity index (χ3v) is 4.77. The van der Waals surface area contributed by atoms with E-state index in [4.69, 9.17) is 0 Å². The first kappa shape index (κ1) is 16.7. The van der Waals surface area contributed by atoms with Gasteiger partial charge in [0.05, 0.1) is 11.1 Å². The van der Waals surface area contributed by atoms with Crippen molar-refractivity contribution in [2.45, 2.75) is 33.6 Å². The molecule has 1 fully saturated rings. The number of piperidine rings is 1. The number of aryl methyl sites for hydroxylation is 2. The fraction of sp³-hybridized carbons (Fsp3) is 0.647. The Hall–Kier alpha value is -2.18. The number of nitrogens with zero attached hydrogens (tertiary/aromatic N) is 5. The van der Waals surface area contributed by atoms with Crippen LogP contribution in [0.3, 0.4) is 0 Å². The number of nitrogens with one attached hydrogen (secondary N) is 1. The first-order valence-electron chi connectivity index (χ1n) is 8.64. The lowest BCUT2D eigenvalue weighted by atomic mass is 9.96. The Labute approximate surface area is 142 Å². The number of likely N-dealkylation sites (tertiary alicyclic amines) is 1. The van der Waals surface area contributed by atoms with Crippen molar-refractivity contribution < 1.29 is 4.79 Å². The molecule has 0 bridgehead atoms. The van der Waals surface area contributed by atoms with E-state index in [1.165, 1.54) is 0 Å². The SMILES string of the molecule is Cc1nn(C)c2ncnc(NCC3CCN(C(=O)C(C)C)CC3)c12. The van der Waals surface area contributed by atoms with E-state index >= 15 is 0 Å². The maximum Gasteiger partial charge on any atom is 0.225 e. The zero-order valence-corrected chi connectivity index (χ0v) is 14.9. The number of carbonyl (C=O) groups is 1. The number of fused-ring (bicyclic) bond motifs is 1. The lowest BCUT2D eigenvalue weighted by Gasteiger charge is -2.33. The normalized spacial score (nSPS) is 16.1. The van der Waals surface area contributed by atoms with Crippen LogP contribution in [0.2, 0.25) is 0 Å². The summed E-state index contributed by atoms with van der Waals surface area (Å²) in [6.07, 6.45) is 3.65. The van der Waals surface area contributed by atoms with E-state index in [9.17, 15) is 4.79 Å². The molecule has 3 rings (SSSR count). The zero-order valence-electron chi connectivity index (χ0n) is 14.9. The van der Waals surface area contributed by atoms with Gasteiger partial charge in [0.2, 0.25) is 5.91 Å². The predicted molar refractivity (Wildman–Crippen MR) is 93.7 cm³/mol. The summed E-state index contributed by atoms with van der Waals surface area (Å²) in [5.74, 6) is 1.77. The van der Waals surface area contributed by atoms with Crippen LogP contribution in [0.4, 0.5) is 5.82 Å². The number of aromatic nitrogens is 4. The van der Waals surface area contributed by atoms with Gasteiger partial charge in [-0.1, -0.05) is 13.8 Å². The van der Waals surface area contributed by atoms with E-state index in [1.807, 2.05) is 32.7 Å². The third kappa shape index (κ3) is 3.20. The van der Waals surface area contributed by atoms with Crippen molar-refractivity contribution in [1.29, 1.82) is 0 Å². The highest BCUT2D eigenvalue weighted by molar-refractivity contribution is 5.89. The molecule has 0 unspecified atom stereocenters. The average molecular weight is 330 g/mol. The molecule has 1 aliphatic rings. The summed E-state index contributed by atoms with van der Waals surface area (Å²) < 4.78 is 1.79. The zero-order chi connectivity index (χ0) is 17.3. The number of hydrogen-bond acceptors (Lipinski definition) is 5. The molecule has 130 valence electrons. The Morgan fingerprint density at radius 2 is 2.04 bits per heavy atom. The summed E-state index contributed by atoms with van der Waals surface area (Å²) in [4.78, 5) is 22.7. The molecule has 0 saturated carbocycles. The topological polar surface area (TPSA) is 75.9 Å². The molecule has 0 atom stereocenters. The molecular formula is C17H26N6O. The van der Waals surface area contributed by atoms with Crippen LogP contribution in [0.5, 0.6) is 0 Å². The van der Waals surface area contributed by atoms with Gasteiger partial charge in [0.15, 0.2) is 5.65 Å². The van der Waals surface area contributed by atoms with Gasteiger partial charge in [0.25, 0.3) is 0 Å². The molecule has 1 N–H and O–H groups in total. The highest BCUT2D eigenvalue weighted by atomic mass is 16.2. The fourth-order valence-electron chi connectivity index (χ4n) is 3.37. The second kappa shape index (κ2) is 6.75. The molecule has 1 aliphatic heterocycles. The van der Waals surface area contributed by atoms with Gasteiger partial charge in [-0.05, 0) is 25.7 Å². The van der Waals surface area contributed by atoms with Crippen LogP contribution in [0.1, 0.15) is 32.4 Å². The quantitative estimate of drug-likeness (QED) is 0.927. The molecule has 0 spiro atoms. The summed E-state index contributed by atoms with van der Waals surface area (Å²) in [6, 6.07) is 0. The highest BCUT2D eigenvalue weighted by Crippen LogP contribution is 2.24. The number of hydrogen-bond donors (Lipinski definition) is 1. The summed E-state index contributed by atoms with van der Waals surface area (Å²) >= 11 is 0. The molecule has 7 nitrogen and oxygen atoms in total. The van der Waals surface area contributed by atoms with Gasteiger partial charge in [0, 0.05) is 32.6 Å². The Bertz CT molecular complexity index is 730. The second-order valence-corrected chi connectivity index (χ2v) is 6.93. The van der Waals surface area contributed by atoms with Crippen LogP contribution in [0.25, 0.3) is 11.0 Å². The molecule has 3 heterocycles. The smallest absolute Gasteiger partial charge is 0.225 e. The minimum absolute atomic E-state index is 0.0857. The van der Waals surface area contributed by atoms with Crippen LogP contribution < -0.4 is 5.32 Å². The van der Waals surface area contributed by atoms with Crippen molar-refractivity contribution in [1.82, 2.24) is 24.6 Å². The number of carbonyl (C=O) groups excluding carboxylic acids is 1. The monoisotopic (exact) mass is 330 g/mol. The van der Waals surface area contributed by atoms with Crippen molar-refractivity contribution in [3.8, 4) is 0 Å². The van der Waals surface area contributed by atoms with Gasteiger partial charge in [-0.2, -0.15) is 5.10 Å². The van der Waals surface area contributed by atoms with Gasteiger partial charge in [-0.25, -0.2) is 9.97 Å². The van der Waals surface area contributed by atoms with Crippen LogP contribution in [-0.2, 0) is 11.8 Å². The van der Waals surface area contributed by atoms with Crippen LogP contribution >= 0.6 is 0 Å². The molecular weight excluding hydrogens is 304 g/mol. The molecule has 2 aromatic heterocycles. The fourth-order valence-corrected chi connectivity index (χ4v) is 3.37. The highest BCUT2D eigenvalue weighted by Gasteiger charge is 2.24. The number of anilines is 1. The van der Waals surface area contributed by atoms with Crippen molar-refractivity contribution in [2.24, 2.45) is 18.9 Å². The molecule has 1 saturated heterocycles. The minimum atomic E-state index is 0.0857. The Kier molecular flexibility index (Phi) is 4.69. The molecule has 2 aromatic rings. The van der Waals surface area contributed by atoms with Crippen molar-refractivity contribution in [2.75, 3.05) is 25.0 Å². The van der Waals surface area contributed by atoms with Crippen LogP contribution in [0, 0.1) is 18.8 Å². The maximum absolute atomic E-state index is 12.1. The van der Waals surface area contributed by atoms with Crippen LogP contribution in [0.15, 0.2) is 6.33 Å². The second-order valence-electron chi connectivity index (χ2n) is 6.93. The van der Waals surface area contributed by atoms with Gasteiger partial charge in [-0.15, -0.1) is 0 Å². The van der Waals surface area contributed by atoms with E-state index in [0.717, 1.165) is 55.0 Å². The van der Waals surface area contributed by atoms with E-state index in [0.29, 0.717) is 5.92 Å². The lowest BCUT2D eigenvalue weighted by molar-refractivity contribution is -0.135. The number of amides is 1. The summed E-state index contributed by atoms with van der Waals surface area (Å²) in [5.41, 5.74) is 1.79. The summed E-state index contributed by atoms with van der Waals surface area (Å²) in [6.45, 7) is 8.49. The summed E-state index contributed by atoms with van der Waals surface area (Å²) in [5, 5.41) is 8.88. The first-order chi connectivity index (χ1) is 11.5. The largest absolute Gasteiger partial charge is 0.369 e. The molecule has 0 aliphatic carbocycles. The van der Waals surface area contributed by atoms with Crippen LogP contribution in [-0.4, -0.2) is 50.2 Å². The van der Waals surface area contributed by atoms with Crippen molar-refractivity contribution in [3.63, 3.8) is 0 Å². The van der Waals surface area contributed by atoms with Crippen molar-refractivity contribution >= 4 is 22.8 Å². The molecule has 24 heavy (non-hydrogen) atoms. The Morgan fingerprint density at radius 3 is 2.71 bits per heavy atom. The third-order valence-electron chi connectivity index (χ3n) is 4.77. The van der Waals surface area contributed by atoms with E-state index < -0.39 is 0 Å². The Morgan fingerprint density at radius 1 is 1.33 bits per heavy atom. The minimum Gasteiger partial charge on any atom is -0.369 e. The maximum atomic E-state index is 12.1. The average Bonchev–Trinajstić information content (AvgIpc) is 2.88. The molecule has 1 amide bonds. The van der Waals surface area contributed by atoms with E-state index in [2.05, 4.69) is 20.4 Å². The molecule has 0 aromatic carbocycles. The van der Waals surface area contributed by atoms with E-state index in [-0.39, 0.29) is 11.8 Å². The first-order valence-corrected chi connectivity index (χ1v) is 8.64.